The van der Waals surface area contributed by atoms with Crippen molar-refractivity contribution in [3.8, 4) is 0 Å². The van der Waals surface area contributed by atoms with Gasteiger partial charge in [-0.3, -0.25) is 19.6 Å². The van der Waals surface area contributed by atoms with Crippen molar-refractivity contribution in [2.75, 3.05) is 17.8 Å². The summed E-state index contributed by atoms with van der Waals surface area (Å²) in [6.07, 6.45) is -2.33. The summed E-state index contributed by atoms with van der Waals surface area (Å²) in [6, 6.07) is 3.43. The van der Waals surface area contributed by atoms with Gasteiger partial charge in [0.25, 0.3) is 5.56 Å². The van der Waals surface area contributed by atoms with Crippen LogP contribution in [0.1, 0.15) is 23.4 Å². The maximum absolute atomic E-state index is 12.6. The molecule has 0 bridgehead atoms. The van der Waals surface area contributed by atoms with E-state index in [9.17, 15) is 27.6 Å². The molecule has 0 radical (unpaired) electrons. The number of nitrogen functional groups attached to an aromatic ring is 1. The van der Waals surface area contributed by atoms with E-state index in [1.54, 1.807) is 32.1 Å². The van der Waals surface area contributed by atoms with Crippen molar-refractivity contribution in [3.05, 3.63) is 58.3 Å². The Morgan fingerprint density at radius 3 is 2.49 bits per heavy atom. The molecule has 2 heterocycles. The van der Waals surface area contributed by atoms with E-state index < -0.39 is 23.8 Å². The first kappa shape index (κ1) is 30.4. The second-order valence-electron chi connectivity index (χ2n) is 7.16. The van der Waals surface area contributed by atoms with E-state index in [4.69, 9.17) is 20.4 Å². The number of halogens is 3. The van der Waals surface area contributed by atoms with Crippen LogP contribution < -0.4 is 27.5 Å². The number of aryl methyl sites for hydroxylation is 2. The van der Waals surface area contributed by atoms with Gasteiger partial charge in [0.2, 0.25) is 11.7 Å². The highest BCUT2D eigenvalue weighted by molar-refractivity contribution is 5.76. The Bertz CT molecular complexity index is 1180. The first-order valence-electron chi connectivity index (χ1n) is 10.4. The third-order valence-corrected chi connectivity index (χ3v) is 4.33. The third kappa shape index (κ3) is 10.7. The van der Waals surface area contributed by atoms with Crippen LogP contribution in [-0.4, -0.2) is 50.4 Å². The van der Waals surface area contributed by atoms with Gasteiger partial charge < -0.3 is 20.9 Å². The molecule has 0 aliphatic carbocycles. The number of nitrogens with one attached hydrogen (secondary N) is 3. The summed E-state index contributed by atoms with van der Waals surface area (Å²) in [4.78, 5) is 53.5. The van der Waals surface area contributed by atoms with Crippen molar-refractivity contribution in [2.45, 2.75) is 39.5 Å². The summed E-state index contributed by atoms with van der Waals surface area (Å²) in [6.45, 7) is 7.16. The van der Waals surface area contributed by atoms with E-state index in [1.165, 1.54) is 10.8 Å². The molecule has 37 heavy (non-hydrogen) atoms. The minimum atomic E-state index is -5.08. The molecule has 0 aliphatic heterocycles. The SMILES string of the molecule is C=CCCOC(=O)NNc1ncc(C)n(CC(=O)NCc2ccc(N)nc2C)c1=O.O=C(O)C(F)(F)F. The summed E-state index contributed by atoms with van der Waals surface area (Å²) < 4.78 is 37.8. The lowest BCUT2D eigenvalue weighted by Crippen LogP contribution is -2.38. The van der Waals surface area contributed by atoms with E-state index in [-0.39, 0.29) is 31.4 Å². The maximum atomic E-state index is 12.6. The fraction of sp³-hybridized carbons (Fsp3) is 0.333. The Balaban J connectivity index is 0.000000856. The maximum Gasteiger partial charge on any atom is 0.490 e. The standard InChI is InChI=1S/C19H25N7O4.C2HF3O2/c1-4-5-8-30-19(29)25-24-17-18(28)26(12(2)9-22-17)11-16(27)21-10-14-6-7-15(20)23-13(14)3;3-2(4,5)1(6)7/h4,6-7,9H,1,5,8,10-11H2,2-3H3,(H2,20,23)(H,21,27)(H,22,24)(H,25,29);(H,6,7). The largest absolute Gasteiger partial charge is 0.490 e. The molecule has 0 saturated heterocycles. The molecule has 0 unspecified atom stereocenters. The molecule has 0 aliphatic rings. The number of nitrogens with two attached hydrogens (primary N) is 1. The van der Waals surface area contributed by atoms with Crippen molar-refractivity contribution in [2.24, 2.45) is 0 Å². The number of carboxylic acid groups (broad SMARTS) is 1. The van der Waals surface area contributed by atoms with Crippen molar-refractivity contribution in [1.29, 1.82) is 0 Å². The number of hydrazine groups is 1. The van der Waals surface area contributed by atoms with Gasteiger partial charge >= 0.3 is 18.2 Å². The predicted molar refractivity (Wildman–Crippen MR) is 125 cm³/mol. The number of carboxylic acids is 1. The van der Waals surface area contributed by atoms with Gasteiger partial charge in [-0.25, -0.2) is 25.0 Å². The summed E-state index contributed by atoms with van der Waals surface area (Å²) in [5.74, 6) is -2.87. The molecule has 0 spiro atoms. The summed E-state index contributed by atoms with van der Waals surface area (Å²) >= 11 is 0. The number of alkyl halides is 3. The molecular weight excluding hydrogens is 503 g/mol. The molecule has 0 aromatic carbocycles. The number of pyridine rings is 1. The number of aromatic nitrogens is 3. The number of hydrogen-bond donors (Lipinski definition) is 5. The fourth-order valence-corrected chi connectivity index (χ4v) is 2.42. The molecule has 6 N–H and O–H groups in total. The Labute approximate surface area is 208 Å². The highest BCUT2D eigenvalue weighted by Crippen LogP contribution is 2.13. The number of amides is 2. The van der Waals surface area contributed by atoms with Crippen LogP contribution >= 0.6 is 0 Å². The first-order valence-corrected chi connectivity index (χ1v) is 10.4. The van der Waals surface area contributed by atoms with Crippen molar-refractivity contribution in [1.82, 2.24) is 25.3 Å². The number of ether oxygens (including phenoxy) is 1. The highest BCUT2D eigenvalue weighted by Gasteiger charge is 2.38. The van der Waals surface area contributed by atoms with E-state index in [2.05, 4.69) is 32.7 Å². The zero-order valence-corrected chi connectivity index (χ0v) is 19.9. The monoisotopic (exact) mass is 529 g/mol. The number of anilines is 2. The Kier molecular flexibility index (Phi) is 11.5. The summed E-state index contributed by atoms with van der Waals surface area (Å²) in [5.41, 5.74) is 11.7. The van der Waals surface area contributed by atoms with Crippen LogP contribution in [0.4, 0.5) is 29.6 Å². The number of carbonyl (C=O) groups excluding carboxylic acids is 2. The lowest BCUT2D eigenvalue weighted by molar-refractivity contribution is -0.192. The average Bonchev–Trinajstić information content (AvgIpc) is 2.80. The molecule has 2 aromatic rings. The number of hydrogen-bond acceptors (Lipinski definition) is 9. The van der Waals surface area contributed by atoms with Crippen molar-refractivity contribution in [3.63, 3.8) is 0 Å². The zero-order valence-electron chi connectivity index (χ0n) is 19.9. The van der Waals surface area contributed by atoms with E-state index in [1.807, 2.05) is 0 Å². The molecule has 0 atom stereocenters. The molecule has 13 nitrogen and oxygen atoms in total. The predicted octanol–water partition coefficient (Wildman–Crippen LogP) is 1.42. The molecule has 16 heteroatoms. The minimum Gasteiger partial charge on any atom is -0.475 e. The van der Waals surface area contributed by atoms with Crippen LogP contribution in [0.5, 0.6) is 0 Å². The van der Waals surface area contributed by atoms with Gasteiger partial charge in [-0.1, -0.05) is 12.1 Å². The van der Waals surface area contributed by atoms with E-state index >= 15 is 0 Å². The zero-order chi connectivity index (χ0) is 28.2. The lowest BCUT2D eigenvalue weighted by Gasteiger charge is -2.13. The van der Waals surface area contributed by atoms with Crippen LogP contribution in [0, 0.1) is 13.8 Å². The highest BCUT2D eigenvalue weighted by atomic mass is 19.4. The van der Waals surface area contributed by atoms with Crippen molar-refractivity contribution < 1.29 is 37.4 Å². The second kappa shape index (κ2) is 14.1. The molecule has 2 rings (SSSR count). The number of nitrogens with zero attached hydrogens (tertiary/aromatic N) is 3. The fourth-order valence-electron chi connectivity index (χ4n) is 2.42. The number of rotatable bonds is 9. The summed E-state index contributed by atoms with van der Waals surface area (Å²) in [7, 11) is 0. The van der Waals surface area contributed by atoms with Crippen LogP contribution in [0.15, 0.2) is 35.8 Å². The van der Waals surface area contributed by atoms with E-state index in [0.29, 0.717) is 23.6 Å². The van der Waals surface area contributed by atoms with Gasteiger partial charge in [-0.15, -0.1) is 6.58 Å². The topological polar surface area (TPSA) is 191 Å². The van der Waals surface area contributed by atoms with E-state index in [0.717, 1.165) is 5.56 Å². The molecular formula is C21H26F3N7O6. The smallest absolute Gasteiger partial charge is 0.475 e. The molecule has 2 amide bonds. The van der Waals surface area contributed by atoms with Gasteiger partial charge in [0, 0.05) is 24.1 Å². The van der Waals surface area contributed by atoms with Crippen LogP contribution in [-0.2, 0) is 27.4 Å². The Morgan fingerprint density at radius 2 is 1.92 bits per heavy atom. The quantitative estimate of drug-likeness (QED) is 0.180. The minimum absolute atomic E-state index is 0.146. The Morgan fingerprint density at radius 1 is 1.27 bits per heavy atom. The number of aliphatic carboxylic acids is 1. The van der Waals surface area contributed by atoms with Gasteiger partial charge in [0.1, 0.15) is 12.4 Å². The van der Waals surface area contributed by atoms with Gasteiger partial charge in [-0.05, 0) is 31.9 Å². The summed E-state index contributed by atoms with van der Waals surface area (Å²) in [5, 5.41) is 9.87. The van der Waals surface area contributed by atoms with Gasteiger partial charge in [-0.2, -0.15) is 13.2 Å². The van der Waals surface area contributed by atoms with Crippen LogP contribution in [0.3, 0.4) is 0 Å². The molecule has 2 aromatic heterocycles. The van der Waals surface area contributed by atoms with Crippen LogP contribution in [0.2, 0.25) is 0 Å². The Hall–Kier alpha value is -4.63. The average molecular weight is 529 g/mol. The van der Waals surface area contributed by atoms with Gasteiger partial charge in [0.05, 0.1) is 6.61 Å². The third-order valence-electron chi connectivity index (χ3n) is 4.33. The lowest BCUT2D eigenvalue weighted by atomic mass is 10.2. The second-order valence-corrected chi connectivity index (χ2v) is 7.16. The van der Waals surface area contributed by atoms with Crippen LogP contribution in [0.25, 0.3) is 0 Å². The number of carbonyl (C=O) groups is 3. The van der Waals surface area contributed by atoms with Gasteiger partial charge in [0.15, 0.2) is 0 Å². The van der Waals surface area contributed by atoms with Crippen molar-refractivity contribution >= 4 is 29.6 Å². The molecule has 202 valence electrons. The normalized spacial score (nSPS) is 10.4. The molecule has 0 saturated carbocycles. The molecule has 0 fully saturated rings. The first-order chi connectivity index (χ1) is 17.3.